The summed E-state index contributed by atoms with van der Waals surface area (Å²) in [5, 5.41) is 12.8. The molecule has 0 aliphatic carbocycles. The van der Waals surface area contributed by atoms with E-state index in [2.05, 4.69) is 28.3 Å². The summed E-state index contributed by atoms with van der Waals surface area (Å²) in [5.41, 5.74) is 2.11. The number of aliphatic carboxylic acids is 1. The van der Waals surface area contributed by atoms with Crippen LogP contribution in [0.4, 0.5) is 0 Å². The van der Waals surface area contributed by atoms with E-state index in [4.69, 9.17) is 5.11 Å². The second kappa shape index (κ2) is 14.8. The van der Waals surface area contributed by atoms with E-state index < -0.39 is 5.97 Å². The first-order valence-corrected chi connectivity index (χ1v) is 11.4. The summed E-state index contributed by atoms with van der Waals surface area (Å²) >= 11 is 0. The van der Waals surface area contributed by atoms with Crippen LogP contribution in [0.3, 0.4) is 0 Å². The topological polar surface area (TPSA) is 67.5 Å². The molecule has 2 aromatic rings. The summed E-state index contributed by atoms with van der Waals surface area (Å²) in [6.45, 7) is 0. The number of fused-ring (bicyclic) bond motifs is 1. The van der Waals surface area contributed by atoms with E-state index in [1.807, 2.05) is 16.8 Å². The van der Waals surface area contributed by atoms with E-state index in [1.165, 1.54) is 63.5 Å². The van der Waals surface area contributed by atoms with Gasteiger partial charge in [-0.3, -0.25) is 4.79 Å². The maximum atomic E-state index is 10.4. The molecule has 0 saturated carbocycles. The van der Waals surface area contributed by atoms with Gasteiger partial charge in [0.05, 0.1) is 6.20 Å². The number of unbranched alkanes of at least 4 members (excludes halogenated alkanes) is 11. The molecule has 29 heavy (non-hydrogen) atoms. The highest BCUT2D eigenvalue weighted by Crippen LogP contribution is 2.12. The van der Waals surface area contributed by atoms with Crippen molar-refractivity contribution in [2.24, 2.45) is 0 Å². The number of carboxylic acid groups (broad SMARTS) is 1. The van der Waals surface area contributed by atoms with Crippen LogP contribution >= 0.6 is 0 Å². The monoisotopic (exact) mass is 399 g/mol. The van der Waals surface area contributed by atoms with E-state index in [-0.39, 0.29) is 0 Å². The fourth-order valence-electron chi connectivity index (χ4n) is 3.57. The number of nitrogens with zero attached hydrogens (tertiary/aromatic N) is 3. The Morgan fingerprint density at radius 3 is 2.17 bits per heavy atom. The summed E-state index contributed by atoms with van der Waals surface area (Å²) in [6, 6.07) is 4.02. The van der Waals surface area contributed by atoms with Crippen LogP contribution in [-0.4, -0.2) is 25.7 Å². The third-order valence-electron chi connectivity index (χ3n) is 5.30. The van der Waals surface area contributed by atoms with Crippen LogP contribution in [0.5, 0.6) is 0 Å². The predicted octanol–water partition coefficient (Wildman–Crippen LogP) is 6.37. The van der Waals surface area contributed by atoms with Crippen LogP contribution < -0.4 is 0 Å². The Bertz CT molecular complexity index is 724. The van der Waals surface area contributed by atoms with Gasteiger partial charge < -0.3 is 5.11 Å². The summed E-state index contributed by atoms with van der Waals surface area (Å²) in [5.74, 6) is -0.672. The van der Waals surface area contributed by atoms with Crippen LogP contribution in [-0.2, 0) is 11.2 Å². The number of aryl methyl sites for hydroxylation is 1. The van der Waals surface area contributed by atoms with E-state index in [0.717, 1.165) is 37.8 Å². The quantitative estimate of drug-likeness (QED) is 0.248. The Kier molecular flexibility index (Phi) is 11.8. The fourth-order valence-corrected chi connectivity index (χ4v) is 3.57. The molecule has 0 atom stereocenters. The molecule has 0 saturated heterocycles. The first-order chi connectivity index (χ1) is 14.3. The average Bonchev–Trinajstić information content (AvgIpc) is 3.18. The highest BCUT2D eigenvalue weighted by atomic mass is 16.4. The van der Waals surface area contributed by atoms with Gasteiger partial charge in [0, 0.05) is 24.4 Å². The van der Waals surface area contributed by atoms with E-state index >= 15 is 0 Å². The minimum atomic E-state index is -0.672. The van der Waals surface area contributed by atoms with Gasteiger partial charge in [-0.05, 0) is 51.0 Å². The van der Waals surface area contributed by atoms with Gasteiger partial charge in [0.25, 0.3) is 0 Å². The van der Waals surface area contributed by atoms with Crippen molar-refractivity contribution in [1.82, 2.24) is 14.6 Å². The molecule has 160 valence electrons. The Hall–Kier alpha value is -2.17. The van der Waals surface area contributed by atoms with Crippen molar-refractivity contribution in [2.45, 2.75) is 96.3 Å². The predicted molar refractivity (Wildman–Crippen MR) is 118 cm³/mol. The van der Waals surface area contributed by atoms with Gasteiger partial charge in [-0.2, -0.15) is 5.10 Å². The zero-order chi connectivity index (χ0) is 20.6. The van der Waals surface area contributed by atoms with Gasteiger partial charge in [0.1, 0.15) is 0 Å². The molecule has 0 unspecified atom stereocenters. The number of carboxylic acids is 1. The van der Waals surface area contributed by atoms with Crippen molar-refractivity contribution >= 4 is 11.6 Å². The van der Waals surface area contributed by atoms with Crippen LogP contribution in [0.2, 0.25) is 0 Å². The third-order valence-corrected chi connectivity index (χ3v) is 5.30. The van der Waals surface area contributed by atoms with Crippen LogP contribution in [0.1, 0.15) is 95.6 Å². The molecule has 0 aliphatic rings. The van der Waals surface area contributed by atoms with Gasteiger partial charge >= 0.3 is 5.97 Å². The second-order valence-electron chi connectivity index (χ2n) is 7.88. The zero-order valence-electron chi connectivity index (χ0n) is 17.8. The molecule has 5 nitrogen and oxygen atoms in total. The van der Waals surface area contributed by atoms with E-state index in [1.54, 1.807) is 6.20 Å². The standard InChI is InChI=1S/C24H37N3O2/c28-24(29)17-15-13-11-9-7-5-3-1-2-4-6-8-10-12-14-16-22-19-21-27-23(26-22)18-20-25-27/h1,3,18-21H,2,4-17H2,(H,28,29)/b3-1-. The Balaban J connectivity index is 1.33. The van der Waals surface area contributed by atoms with E-state index in [0.29, 0.717) is 6.42 Å². The van der Waals surface area contributed by atoms with Gasteiger partial charge in [-0.1, -0.05) is 57.1 Å². The number of hydrogen-bond donors (Lipinski definition) is 1. The largest absolute Gasteiger partial charge is 0.481 e. The summed E-state index contributed by atoms with van der Waals surface area (Å²) in [4.78, 5) is 15.0. The maximum absolute atomic E-state index is 10.4. The Labute approximate surface area is 175 Å². The number of allylic oxidation sites excluding steroid dienone is 2. The molecule has 0 fully saturated rings. The first-order valence-electron chi connectivity index (χ1n) is 11.4. The lowest BCUT2D eigenvalue weighted by atomic mass is 10.1. The van der Waals surface area contributed by atoms with Gasteiger partial charge in [-0.25, -0.2) is 9.50 Å². The zero-order valence-corrected chi connectivity index (χ0v) is 17.8. The molecule has 0 amide bonds. The van der Waals surface area contributed by atoms with Crippen molar-refractivity contribution in [3.63, 3.8) is 0 Å². The number of hydrogen-bond acceptors (Lipinski definition) is 3. The van der Waals surface area contributed by atoms with Crippen LogP contribution in [0, 0.1) is 0 Å². The number of aromatic nitrogens is 3. The second-order valence-corrected chi connectivity index (χ2v) is 7.88. The highest BCUT2D eigenvalue weighted by Gasteiger charge is 1.99. The molecule has 5 heteroatoms. The molecule has 0 spiro atoms. The molecule has 0 aliphatic heterocycles. The molecule has 2 aromatic heterocycles. The maximum Gasteiger partial charge on any atom is 0.303 e. The molecule has 2 rings (SSSR count). The van der Waals surface area contributed by atoms with Crippen molar-refractivity contribution in [3.8, 4) is 0 Å². The minimum Gasteiger partial charge on any atom is -0.481 e. The van der Waals surface area contributed by atoms with Gasteiger partial charge in [-0.15, -0.1) is 0 Å². The summed E-state index contributed by atoms with van der Waals surface area (Å²) < 4.78 is 1.81. The van der Waals surface area contributed by atoms with E-state index in [9.17, 15) is 4.79 Å². The molecular weight excluding hydrogens is 362 g/mol. The Morgan fingerprint density at radius 1 is 0.862 bits per heavy atom. The molecule has 0 aromatic carbocycles. The first kappa shape index (κ1) is 23.1. The van der Waals surface area contributed by atoms with Gasteiger partial charge in [0.15, 0.2) is 5.65 Å². The molecule has 0 bridgehead atoms. The van der Waals surface area contributed by atoms with Crippen molar-refractivity contribution in [3.05, 3.63) is 42.4 Å². The van der Waals surface area contributed by atoms with Crippen molar-refractivity contribution in [2.75, 3.05) is 0 Å². The van der Waals surface area contributed by atoms with Gasteiger partial charge in [0.2, 0.25) is 0 Å². The van der Waals surface area contributed by atoms with Crippen LogP contribution in [0.15, 0.2) is 36.7 Å². The van der Waals surface area contributed by atoms with Crippen molar-refractivity contribution < 1.29 is 9.90 Å². The number of carbonyl (C=O) groups is 1. The lowest BCUT2D eigenvalue weighted by molar-refractivity contribution is -0.137. The molecular formula is C24H37N3O2. The third kappa shape index (κ3) is 10.8. The SMILES string of the molecule is O=C(O)CCCCCCC/C=C\CCCCCCCCc1ccn2nccc2n1. The highest BCUT2D eigenvalue weighted by molar-refractivity contribution is 5.66. The molecule has 2 heterocycles. The normalized spacial score (nSPS) is 11.6. The lowest BCUT2D eigenvalue weighted by Gasteiger charge is -2.02. The smallest absolute Gasteiger partial charge is 0.303 e. The van der Waals surface area contributed by atoms with Crippen LogP contribution in [0.25, 0.3) is 5.65 Å². The lowest BCUT2D eigenvalue weighted by Crippen LogP contribution is -1.95. The number of rotatable bonds is 17. The molecule has 1 N–H and O–H groups in total. The minimum absolute atomic E-state index is 0.319. The summed E-state index contributed by atoms with van der Waals surface area (Å²) in [6.07, 6.45) is 25.4. The van der Waals surface area contributed by atoms with Crippen molar-refractivity contribution in [1.29, 1.82) is 0 Å². The Morgan fingerprint density at radius 2 is 1.48 bits per heavy atom. The average molecular weight is 400 g/mol. The summed E-state index contributed by atoms with van der Waals surface area (Å²) in [7, 11) is 0. The fraction of sp³-hybridized carbons (Fsp3) is 0.625. The molecule has 0 radical (unpaired) electrons.